The third-order valence-electron chi connectivity index (χ3n) is 2.98. The molecule has 0 fully saturated rings. The maximum atomic E-state index is 12.0. The van der Waals surface area contributed by atoms with E-state index in [0.29, 0.717) is 5.02 Å². The number of para-hydroxylation sites is 1. The molecule has 0 aliphatic rings. The van der Waals surface area contributed by atoms with Crippen molar-refractivity contribution in [3.63, 3.8) is 0 Å². The number of hydrogen-bond donors (Lipinski definition) is 1. The van der Waals surface area contributed by atoms with E-state index in [2.05, 4.69) is 16.6 Å². The fourth-order valence-electron chi connectivity index (χ4n) is 1.79. The number of benzene rings is 2. The largest absolute Gasteiger partial charge is 0.481 e. The van der Waals surface area contributed by atoms with E-state index in [0.717, 1.165) is 11.3 Å². The fourth-order valence-corrected chi connectivity index (χ4v) is 3.02. The Kier molecular flexibility index (Phi) is 6.05. The Hall–Kier alpha value is -2.00. The summed E-state index contributed by atoms with van der Waals surface area (Å²) >= 11 is 5.79. The zero-order chi connectivity index (χ0) is 16.7. The van der Waals surface area contributed by atoms with Crippen LogP contribution in [0.1, 0.15) is 5.56 Å². The van der Waals surface area contributed by atoms with Gasteiger partial charge in [0.2, 0.25) is 10.0 Å². The van der Waals surface area contributed by atoms with Gasteiger partial charge in [0.25, 0.3) is 0 Å². The molecule has 120 valence electrons. The molecule has 2 rings (SSSR count). The Labute approximate surface area is 141 Å². The average Bonchev–Trinajstić information content (AvgIpc) is 2.52. The van der Waals surface area contributed by atoms with Gasteiger partial charge in [0.15, 0.2) is 0 Å². The molecular weight excluding hydrogens is 334 g/mol. The molecule has 0 aliphatic carbocycles. The summed E-state index contributed by atoms with van der Waals surface area (Å²) in [6.07, 6.45) is 0. The molecule has 0 spiro atoms. The molecule has 0 atom stereocenters. The molecular formula is C17H16ClNO3S. The molecule has 0 saturated carbocycles. The van der Waals surface area contributed by atoms with Crippen molar-refractivity contribution in [3.05, 3.63) is 59.1 Å². The highest BCUT2D eigenvalue weighted by molar-refractivity contribution is 7.89. The number of hydrogen-bond acceptors (Lipinski definition) is 3. The molecule has 4 nitrogen and oxygen atoms in total. The van der Waals surface area contributed by atoms with Crippen LogP contribution in [0, 0.1) is 18.8 Å². The summed E-state index contributed by atoms with van der Waals surface area (Å²) < 4.78 is 31.9. The first-order valence-corrected chi connectivity index (χ1v) is 8.74. The van der Waals surface area contributed by atoms with E-state index in [1.165, 1.54) is 12.1 Å². The van der Waals surface area contributed by atoms with E-state index in [1.54, 1.807) is 12.1 Å². The molecule has 0 saturated heterocycles. The van der Waals surface area contributed by atoms with Crippen molar-refractivity contribution in [2.75, 3.05) is 13.2 Å². The van der Waals surface area contributed by atoms with Gasteiger partial charge >= 0.3 is 0 Å². The first kappa shape index (κ1) is 17.4. The monoisotopic (exact) mass is 349 g/mol. The Balaban J connectivity index is 1.85. The van der Waals surface area contributed by atoms with Crippen LogP contribution in [0.5, 0.6) is 5.75 Å². The second-order valence-electron chi connectivity index (χ2n) is 4.69. The Morgan fingerprint density at radius 2 is 1.91 bits per heavy atom. The molecule has 0 aromatic heterocycles. The molecule has 0 bridgehead atoms. The normalized spacial score (nSPS) is 10.7. The summed E-state index contributed by atoms with van der Waals surface area (Å²) in [5, 5.41) is 0.366. The second-order valence-corrected chi connectivity index (χ2v) is 6.89. The third-order valence-corrected chi connectivity index (χ3v) is 4.61. The summed E-state index contributed by atoms with van der Waals surface area (Å²) in [6, 6.07) is 13.7. The van der Waals surface area contributed by atoms with Crippen LogP contribution in [-0.4, -0.2) is 21.6 Å². The molecule has 1 N–H and O–H groups in total. The van der Waals surface area contributed by atoms with E-state index in [9.17, 15) is 8.42 Å². The van der Waals surface area contributed by atoms with Crippen LogP contribution in [0.2, 0.25) is 5.02 Å². The van der Waals surface area contributed by atoms with Crippen molar-refractivity contribution in [3.8, 4) is 17.6 Å². The lowest BCUT2D eigenvalue weighted by molar-refractivity contribution is 0.367. The van der Waals surface area contributed by atoms with Gasteiger partial charge in [0.1, 0.15) is 12.4 Å². The fraction of sp³-hybridized carbons (Fsp3) is 0.176. The third kappa shape index (κ3) is 5.29. The summed E-state index contributed by atoms with van der Waals surface area (Å²) in [5.41, 5.74) is 1.02. The average molecular weight is 350 g/mol. The number of halogens is 1. The van der Waals surface area contributed by atoms with Crippen LogP contribution in [-0.2, 0) is 10.0 Å². The first-order valence-electron chi connectivity index (χ1n) is 6.88. The van der Waals surface area contributed by atoms with Gasteiger partial charge in [0.05, 0.1) is 11.4 Å². The quantitative estimate of drug-likeness (QED) is 0.844. The van der Waals surface area contributed by atoms with Crippen LogP contribution in [0.25, 0.3) is 0 Å². The molecule has 0 unspecified atom stereocenters. The second kappa shape index (κ2) is 8.02. The molecule has 6 heteroatoms. The predicted molar refractivity (Wildman–Crippen MR) is 91.1 cm³/mol. The predicted octanol–water partition coefficient (Wildman–Crippen LogP) is 3.01. The lowest BCUT2D eigenvalue weighted by Gasteiger charge is -2.05. The van der Waals surface area contributed by atoms with Crippen LogP contribution in [0.3, 0.4) is 0 Å². The minimum Gasteiger partial charge on any atom is -0.481 e. The van der Waals surface area contributed by atoms with Crippen molar-refractivity contribution in [1.29, 1.82) is 0 Å². The van der Waals surface area contributed by atoms with Crippen molar-refractivity contribution in [2.45, 2.75) is 11.8 Å². The molecule has 2 aromatic carbocycles. The minimum absolute atomic E-state index is 0.00593. The van der Waals surface area contributed by atoms with Gasteiger partial charge < -0.3 is 4.74 Å². The number of aryl methyl sites for hydroxylation is 1. The standard InChI is InChI=1S/C17H16ClNO3S/c1-14-7-2-3-10-17(14)22-12-5-4-11-19-23(20,21)16-9-6-8-15(18)13-16/h2-3,6-10,13,19H,11-12H2,1H3. The van der Waals surface area contributed by atoms with Gasteiger partial charge in [-0.1, -0.05) is 47.7 Å². The summed E-state index contributed by atoms with van der Waals surface area (Å²) in [4.78, 5) is 0.114. The minimum atomic E-state index is -3.61. The van der Waals surface area contributed by atoms with E-state index in [-0.39, 0.29) is 18.0 Å². The van der Waals surface area contributed by atoms with Crippen LogP contribution < -0.4 is 9.46 Å². The number of ether oxygens (including phenoxy) is 1. The molecule has 0 heterocycles. The highest BCUT2D eigenvalue weighted by atomic mass is 35.5. The smallest absolute Gasteiger partial charge is 0.241 e. The van der Waals surface area contributed by atoms with Gasteiger partial charge in [-0.3, -0.25) is 0 Å². The zero-order valence-corrected chi connectivity index (χ0v) is 14.1. The molecule has 0 radical (unpaired) electrons. The number of nitrogens with one attached hydrogen (secondary N) is 1. The van der Waals surface area contributed by atoms with E-state index >= 15 is 0 Å². The van der Waals surface area contributed by atoms with Gasteiger partial charge in [-0.15, -0.1) is 0 Å². The summed E-state index contributed by atoms with van der Waals surface area (Å²) in [5.74, 6) is 6.25. The van der Waals surface area contributed by atoms with Gasteiger partial charge in [0, 0.05) is 5.02 Å². The maximum Gasteiger partial charge on any atom is 0.241 e. The van der Waals surface area contributed by atoms with E-state index < -0.39 is 10.0 Å². The highest BCUT2D eigenvalue weighted by Gasteiger charge is 2.12. The van der Waals surface area contributed by atoms with Crippen LogP contribution in [0.4, 0.5) is 0 Å². The highest BCUT2D eigenvalue weighted by Crippen LogP contribution is 2.16. The first-order chi connectivity index (χ1) is 11.0. The van der Waals surface area contributed by atoms with Crippen molar-refractivity contribution in [2.24, 2.45) is 0 Å². The molecule has 0 aliphatic heterocycles. The Morgan fingerprint density at radius 3 is 2.65 bits per heavy atom. The molecule has 23 heavy (non-hydrogen) atoms. The number of rotatable bonds is 5. The zero-order valence-electron chi connectivity index (χ0n) is 12.5. The lowest BCUT2D eigenvalue weighted by Crippen LogP contribution is -2.24. The van der Waals surface area contributed by atoms with Crippen molar-refractivity contribution >= 4 is 21.6 Å². The SMILES string of the molecule is Cc1ccccc1OCC#CCNS(=O)(=O)c1cccc(Cl)c1. The van der Waals surface area contributed by atoms with Crippen LogP contribution in [0.15, 0.2) is 53.4 Å². The summed E-state index contributed by atoms with van der Waals surface area (Å²) in [7, 11) is -3.61. The molecule has 0 amide bonds. The number of sulfonamides is 1. The topological polar surface area (TPSA) is 55.4 Å². The van der Waals surface area contributed by atoms with E-state index in [4.69, 9.17) is 16.3 Å². The molecule has 2 aromatic rings. The van der Waals surface area contributed by atoms with E-state index in [1.807, 2.05) is 31.2 Å². The van der Waals surface area contributed by atoms with Gasteiger partial charge in [-0.2, -0.15) is 4.72 Å². The Bertz CT molecular complexity index is 838. The van der Waals surface area contributed by atoms with Gasteiger partial charge in [-0.25, -0.2) is 8.42 Å². The maximum absolute atomic E-state index is 12.0. The van der Waals surface area contributed by atoms with Gasteiger partial charge in [-0.05, 0) is 36.8 Å². The van der Waals surface area contributed by atoms with Crippen molar-refractivity contribution in [1.82, 2.24) is 4.72 Å². The van der Waals surface area contributed by atoms with Crippen molar-refractivity contribution < 1.29 is 13.2 Å². The summed E-state index contributed by atoms with van der Waals surface area (Å²) in [6.45, 7) is 2.15. The van der Waals surface area contributed by atoms with Crippen LogP contribution >= 0.6 is 11.6 Å². The Morgan fingerprint density at radius 1 is 1.13 bits per heavy atom. The lowest BCUT2D eigenvalue weighted by atomic mass is 10.2.